The predicted octanol–water partition coefficient (Wildman–Crippen LogP) is 11.0. The van der Waals surface area contributed by atoms with E-state index in [1.165, 1.54) is 76.3 Å². The van der Waals surface area contributed by atoms with Crippen LogP contribution in [0.25, 0.3) is 11.3 Å². The predicted molar refractivity (Wildman–Crippen MR) is 449 cm³/mol. The van der Waals surface area contributed by atoms with Gasteiger partial charge in [-0.3, -0.25) is 34.1 Å². The molecule has 12 atom stereocenters. The molecule has 6 aromatic heterocycles. The number of β-amino-alcohol motifs (C(OH)–C–C–N with tert-alkyl or cyclic N) is 1. The van der Waals surface area contributed by atoms with Gasteiger partial charge in [0.2, 0.25) is 0 Å². The first kappa shape index (κ1) is 90.9. The summed E-state index contributed by atoms with van der Waals surface area (Å²) in [6.07, 6.45) is 22.7. The first-order valence-corrected chi connectivity index (χ1v) is 43.6. The Kier molecular flexibility index (Phi) is 29.5. The number of carbonyl (C=O) groups excluding carboxylic acids is 5. The summed E-state index contributed by atoms with van der Waals surface area (Å²) in [6.45, 7) is 34.8. The summed E-state index contributed by atoms with van der Waals surface area (Å²) >= 11 is 0. The molecule has 1 saturated carbocycles. The lowest BCUT2D eigenvalue weighted by Gasteiger charge is -2.26. The number of halogens is 6. The molecule has 0 aromatic carbocycles. The number of nitrogens with zero attached hydrogens (tertiary/aromatic N) is 18. The Balaban J connectivity index is 0.000000131. The topological polar surface area (TPSA) is 288 Å². The Labute approximate surface area is 710 Å². The number of epoxide rings is 1. The zero-order valence-electron chi connectivity index (χ0n) is 72.5. The number of aromatic nitrogens is 8. The summed E-state index contributed by atoms with van der Waals surface area (Å²) in [5.41, 5.74) is 1.11. The highest BCUT2D eigenvalue weighted by Crippen LogP contribution is 2.35. The second-order valence-electron chi connectivity index (χ2n) is 37.1. The van der Waals surface area contributed by atoms with E-state index in [0.717, 1.165) is 123 Å². The molecule has 670 valence electrons. The third kappa shape index (κ3) is 24.0. The molecule has 12 fully saturated rings. The Bertz CT molecular complexity index is 4260. The number of rotatable bonds is 11. The molecule has 0 spiro atoms. The van der Waals surface area contributed by atoms with Gasteiger partial charge in [0.25, 0.3) is 11.8 Å². The summed E-state index contributed by atoms with van der Waals surface area (Å²) in [5.74, 6) is -0.988. The lowest BCUT2D eigenvalue weighted by molar-refractivity contribution is 0.0226. The monoisotopic (exact) mass is 1710 g/mol. The molecular weight excluding hydrogens is 1590 g/mol. The Morgan fingerprint density at radius 2 is 0.754 bits per heavy atom. The van der Waals surface area contributed by atoms with E-state index in [4.69, 9.17) is 18.9 Å². The summed E-state index contributed by atoms with van der Waals surface area (Å²) in [4.78, 5) is 105. The smallest absolute Gasteiger partial charge is 0.410 e. The average molecular weight is 1710 g/mol. The zero-order valence-corrected chi connectivity index (χ0v) is 72.5. The average Bonchev–Trinajstić information content (AvgIpc) is 1.62. The maximum Gasteiger partial charge on any atom is 0.410 e. The summed E-state index contributed by atoms with van der Waals surface area (Å²) in [7, 11) is 0. The van der Waals surface area contributed by atoms with Crippen molar-refractivity contribution in [1.29, 1.82) is 0 Å². The van der Waals surface area contributed by atoms with Crippen molar-refractivity contribution in [2.45, 2.75) is 250 Å². The van der Waals surface area contributed by atoms with Crippen molar-refractivity contribution in [3.05, 3.63) is 96.1 Å². The third-order valence-electron chi connectivity index (χ3n) is 24.0. The third-order valence-corrected chi connectivity index (χ3v) is 24.0. The molecule has 12 unspecified atom stereocenters. The van der Waals surface area contributed by atoms with Gasteiger partial charge in [0.05, 0.1) is 117 Å². The van der Waals surface area contributed by atoms with Gasteiger partial charge >= 0.3 is 18.3 Å². The molecule has 11 saturated heterocycles. The van der Waals surface area contributed by atoms with Crippen LogP contribution in [0.5, 0.6) is 0 Å². The van der Waals surface area contributed by atoms with Gasteiger partial charge in [0.15, 0.2) is 22.9 Å². The van der Waals surface area contributed by atoms with Gasteiger partial charge in [-0.15, -0.1) is 0 Å². The zero-order chi connectivity index (χ0) is 87.1. The number of hydrogen-bond acceptors (Lipinski definition) is 23. The van der Waals surface area contributed by atoms with Crippen LogP contribution in [0, 0.1) is 25.5 Å². The quantitative estimate of drug-likeness (QED) is 0.0617. The highest BCUT2D eigenvalue weighted by molar-refractivity contribution is 6.03. The van der Waals surface area contributed by atoms with Gasteiger partial charge in [-0.2, -0.15) is 0 Å². The van der Waals surface area contributed by atoms with Gasteiger partial charge < -0.3 is 68.0 Å². The fraction of sp³-hybridized carbons (Fsp3) is 0.686. The highest BCUT2D eigenvalue weighted by Gasteiger charge is 2.50. The minimum atomic E-state index is -0.949. The molecule has 0 bridgehead atoms. The maximum atomic E-state index is 14.5. The lowest BCUT2D eigenvalue weighted by Crippen LogP contribution is -2.42. The molecule has 3 N–H and O–H groups in total. The molecule has 122 heavy (non-hydrogen) atoms. The van der Waals surface area contributed by atoms with Crippen LogP contribution in [0.4, 0.5) is 63.7 Å². The van der Waals surface area contributed by atoms with Crippen LogP contribution in [-0.4, -0.2) is 334 Å². The van der Waals surface area contributed by atoms with Crippen molar-refractivity contribution < 1.29 is 74.4 Å². The Morgan fingerprint density at radius 1 is 0.410 bits per heavy atom. The summed E-state index contributed by atoms with van der Waals surface area (Å²) in [5, 5.41) is 15.3. The molecule has 17 heterocycles. The second kappa shape index (κ2) is 39.6. The number of amides is 5. The van der Waals surface area contributed by atoms with E-state index in [1.54, 1.807) is 48.4 Å². The maximum absolute atomic E-state index is 14.5. The van der Waals surface area contributed by atoms with Crippen molar-refractivity contribution in [2.24, 2.45) is 0 Å². The van der Waals surface area contributed by atoms with Crippen molar-refractivity contribution in [3.63, 3.8) is 0 Å². The number of aliphatic hydroxyl groups is 1. The second-order valence-corrected chi connectivity index (χ2v) is 37.1. The molecule has 0 radical (unpaired) electrons. The SMILES string of the molecule is CC(C)(C)OC(=O)N1CC(F)C(N2CCCC2)C1.CC(C)(C)OC(=O)N1CC(O)C(N2CCCC2)C1.CC(C)(C)OC(=O)N1CC2OC2C1.Cc1cn2cc(NC(=O)c3cnc(N4CC(F)C(N5CCCC5)C4)cn3)cc(F)c2n1.Cc1cn2cc(NC(=O)c3cnc(N4CC(F)C(N5CCCC5)C4)cn3)cc(F)c2n1.FC1CCCC1N1CCCC1. The number of carbonyl (C=O) groups is 5. The number of morpholine rings is 1. The molecule has 1 aliphatic carbocycles. The molecular formula is C86H124F6N20O10. The first-order valence-electron chi connectivity index (χ1n) is 43.6. The lowest BCUT2D eigenvalue weighted by atomic mass is 10.2. The van der Waals surface area contributed by atoms with Gasteiger partial charge in [-0.05, 0) is 225 Å². The fourth-order valence-electron chi connectivity index (χ4n) is 18.0. The molecule has 36 heteroatoms. The van der Waals surface area contributed by atoms with Crippen LogP contribution in [0.2, 0.25) is 0 Å². The molecule has 6 aromatic rings. The van der Waals surface area contributed by atoms with Gasteiger partial charge in [-0.1, -0.05) is 0 Å². The minimum absolute atomic E-state index is 0.0834. The number of hydrogen-bond donors (Lipinski definition) is 3. The van der Waals surface area contributed by atoms with Crippen LogP contribution in [0.1, 0.15) is 178 Å². The van der Waals surface area contributed by atoms with E-state index >= 15 is 0 Å². The van der Waals surface area contributed by atoms with E-state index in [-0.39, 0.29) is 108 Å². The number of imidazole rings is 2. The number of likely N-dealkylation sites (tertiary alicyclic amines) is 8. The summed E-state index contributed by atoms with van der Waals surface area (Å²) in [6, 6.07) is 2.42. The van der Waals surface area contributed by atoms with E-state index < -0.39 is 77.1 Å². The normalized spacial score (nSPS) is 26.9. The summed E-state index contributed by atoms with van der Waals surface area (Å²) < 4.78 is 109. The van der Waals surface area contributed by atoms with Gasteiger partial charge in [0.1, 0.15) is 76.7 Å². The molecule has 18 rings (SSSR count). The molecule has 11 aliphatic heterocycles. The van der Waals surface area contributed by atoms with Crippen molar-refractivity contribution >= 4 is 64.4 Å². The van der Waals surface area contributed by atoms with Gasteiger partial charge in [-0.25, -0.2) is 70.6 Å². The van der Waals surface area contributed by atoms with E-state index in [9.17, 15) is 55.4 Å². The Hall–Kier alpha value is -8.81. The van der Waals surface area contributed by atoms with Crippen molar-refractivity contribution in [1.82, 2.24) is 77.9 Å². The van der Waals surface area contributed by atoms with E-state index in [1.807, 2.05) is 72.1 Å². The molecule has 30 nitrogen and oxygen atoms in total. The van der Waals surface area contributed by atoms with Crippen LogP contribution in [0.3, 0.4) is 0 Å². The van der Waals surface area contributed by atoms with Crippen molar-refractivity contribution in [3.8, 4) is 0 Å². The van der Waals surface area contributed by atoms with E-state index in [2.05, 4.69) is 65.0 Å². The number of alkyl halides is 4. The number of pyridine rings is 2. The fourth-order valence-corrected chi connectivity index (χ4v) is 18.0. The number of nitrogens with one attached hydrogen (secondary N) is 2. The molecule has 5 amide bonds. The van der Waals surface area contributed by atoms with Crippen LogP contribution >= 0.6 is 0 Å². The number of fused-ring (bicyclic) bond motifs is 3. The van der Waals surface area contributed by atoms with Crippen molar-refractivity contribution in [2.75, 3.05) is 151 Å². The standard InChI is InChI=1S/2C21H23F2N7O.C13H23FN2O2.C13H24N2O3.C9H16FN.C9H15NO3/c2*1-13-9-30-10-14(6-15(22)20(30)26-13)27-21(31)17-7-25-19(8-24-17)29-11-16(23)18(12-29)28-4-2-3-5-28;1-13(2,3)18-12(17)16-8-10(14)11(9-16)15-6-4-5-7-15;1-13(2,3)18-12(17)15-8-10(11(16)9-15)14-6-4-5-7-14;10-8-4-3-5-9(8)11-6-1-2-7-11;1-9(2,3)13-8(11)10-4-6-7(5-10)12-6/h2*6-10,16,18H,2-5,11-12H2,1H3,(H,27,31);10-11H,4-9H2,1-3H3;10-11,16H,4-9H2,1-3H3;8-9H,1-7H2;6-7H,4-5H2,1-3H3. The number of anilines is 4. The van der Waals surface area contributed by atoms with Crippen LogP contribution in [-0.2, 0) is 18.9 Å². The minimum Gasteiger partial charge on any atom is -0.444 e. The number of aliphatic hydroxyl groups excluding tert-OH is 1. The largest absolute Gasteiger partial charge is 0.444 e. The Morgan fingerprint density at radius 3 is 1.11 bits per heavy atom. The number of aryl methyl sites for hydroxylation is 2. The first-order chi connectivity index (χ1) is 58.0. The van der Waals surface area contributed by atoms with Gasteiger partial charge in [0, 0.05) is 69.1 Å². The number of ether oxygens (including phenoxy) is 4. The highest BCUT2D eigenvalue weighted by atomic mass is 19.2. The van der Waals surface area contributed by atoms with Crippen LogP contribution in [0.15, 0.2) is 61.7 Å². The van der Waals surface area contributed by atoms with Crippen LogP contribution < -0.4 is 20.4 Å². The van der Waals surface area contributed by atoms with E-state index in [0.29, 0.717) is 68.8 Å². The molecule has 12 aliphatic rings.